The number of hydrogen-bond acceptors (Lipinski definition) is 2. The van der Waals surface area contributed by atoms with Crippen LogP contribution in [0.15, 0.2) is 17.3 Å². The van der Waals surface area contributed by atoms with E-state index in [0.29, 0.717) is 6.04 Å². The minimum atomic E-state index is 0.269. The summed E-state index contributed by atoms with van der Waals surface area (Å²) in [5, 5.41) is 6.55. The molecule has 60 valence electrons. The van der Waals surface area contributed by atoms with E-state index < -0.39 is 0 Å². The van der Waals surface area contributed by atoms with Gasteiger partial charge in [0, 0.05) is 11.6 Å². The molecule has 1 unspecified atom stereocenters. The van der Waals surface area contributed by atoms with E-state index in [1.54, 1.807) is 0 Å². The highest BCUT2D eigenvalue weighted by atomic mass is 15.5. The first-order valence-corrected chi connectivity index (χ1v) is 4.17. The van der Waals surface area contributed by atoms with Gasteiger partial charge in [-0.1, -0.05) is 26.0 Å². The number of rotatable bonds is 0. The van der Waals surface area contributed by atoms with Crippen molar-refractivity contribution in [2.45, 2.75) is 26.3 Å². The fourth-order valence-corrected chi connectivity index (χ4v) is 1.78. The monoisotopic (exact) mass is 150 g/mol. The Morgan fingerprint density at radius 3 is 3.00 bits per heavy atom. The molecule has 2 nitrogen and oxygen atoms in total. The molecule has 0 saturated heterocycles. The highest BCUT2D eigenvalue weighted by molar-refractivity contribution is 5.68. The van der Waals surface area contributed by atoms with E-state index in [1.807, 2.05) is 0 Å². The molecule has 11 heavy (non-hydrogen) atoms. The van der Waals surface area contributed by atoms with Crippen molar-refractivity contribution >= 4 is 6.21 Å². The first kappa shape index (κ1) is 6.89. The van der Waals surface area contributed by atoms with Crippen molar-refractivity contribution in [1.29, 1.82) is 0 Å². The Morgan fingerprint density at radius 1 is 1.45 bits per heavy atom. The van der Waals surface area contributed by atoms with Crippen molar-refractivity contribution in [3.8, 4) is 0 Å². The van der Waals surface area contributed by atoms with Crippen LogP contribution in [0, 0.1) is 5.41 Å². The largest absolute Gasteiger partial charge is 0.289 e. The van der Waals surface area contributed by atoms with Crippen LogP contribution in [0.4, 0.5) is 0 Å². The van der Waals surface area contributed by atoms with Crippen LogP contribution in [0.2, 0.25) is 0 Å². The van der Waals surface area contributed by atoms with Crippen molar-refractivity contribution in [3.05, 3.63) is 12.2 Å². The molecule has 2 heteroatoms. The third-order valence-electron chi connectivity index (χ3n) is 2.58. The summed E-state index contributed by atoms with van der Waals surface area (Å²) in [6, 6.07) is 0.604. The van der Waals surface area contributed by atoms with E-state index in [0.717, 1.165) is 13.0 Å². The molecule has 2 rings (SSSR count). The molecule has 2 heterocycles. The summed E-state index contributed by atoms with van der Waals surface area (Å²) in [6.07, 6.45) is 7.67. The van der Waals surface area contributed by atoms with Gasteiger partial charge in [-0.3, -0.25) is 5.01 Å². The fourth-order valence-electron chi connectivity index (χ4n) is 1.78. The molecule has 0 aromatic rings. The van der Waals surface area contributed by atoms with Crippen LogP contribution in [0.1, 0.15) is 20.3 Å². The summed E-state index contributed by atoms with van der Waals surface area (Å²) < 4.78 is 0. The van der Waals surface area contributed by atoms with E-state index >= 15 is 0 Å². The van der Waals surface area contributed by atoms with Gasteiger partial charge in [0.05, 0.1) is 12.6 Å². The second-order valence-corrected chi connectivity index (χ2v) is 3.91. The molecule has 0 spiro atoms. The predicted molar refractivity (Wildman–Crippen MR) is 46.5 cm³/mol. The Morgan fingerprint density at radius 2 is 2.27 bits per heavy atom. The lowest BCUT2D eigenvalue weighted by molar-refractivity contribution is 0.175. The number of nitrogens with zero attached hydrogens (tertiary/aromatic N) is 2. The van der Waals surface area contributed by atoms with E-state index in [-0.39, 0.29) is 5.41 Å². The highest BCUT2D eigenvalue weighted by Gasteiger charge is 2.37. The molecule has 0 aromatic heterocycles. The maximum Gasteiger partial charge on any atom is 0.0609 e. The van der Waals surface area contributed by atoms with Gasteiger partial charge in [-0.05, 0) is 6.42 Å². The van der Waals surface area contributed by atoms with Crippen LogP contribution in [-0.4, -0.2) is 23.8 Å². The predicted octanol–water partition coefficient (Wildman–Crippen LogP) is 1.64. The van der Waals surface area contributed by atoms with E-state index in [1.165, 1.54) is 0 Å². The van der Waals surface area contributed by atoms with Gasteiger partial charge in [0.1, 0.15) is 0 Å². The first-order valence-electron chi connectivity index (χ1n) is 4.17. The van der Waals surface area contributed by atoms with Gasteiger partial charge in [-0.15, -0.1) is 0 Å². The minimum Gasteiger partial charge on any atom is -0.289 e. The standard InChI is InChI=1S/C9H14N2/c1-9(2)7-10-11-6-4-3-5-8(9)11/h3-4,7-8H,5-6H2,1-2H3. The van der Waals surface area contributed by atoms with Crippen molar-refractivity contribution in [3.63, 3.8) is 0 Å². The zero-order chi connectivity index (χ0) is 7.90. The van der Waals surface area contributed by atoms with Crippen molar-refractivity contribution in [1.82, 2.24) is 5.01 Å². The molecule has 2 aliphatic heterocycles. The van der Waals surface area contributed by atoms with E-state index in [9.17, 15) is 0 Å². The van der Waals surface area contributed by atoms with Gasteiger partial charge in [0.15, 0.2) is 0 Å². The lowest BCUT2D eigenvalue weighted by Gasteiger charge is -2.32. The van der Waals surface area contributed by atoms with Gasteiger partial charge in [-0.2, -0.15) is 5.10 Å². The van der Waals surface area contributed by atoms with Crippen LogP contribution >= 0.6 is 0 Å². The summed E-state index contributed by atoms with van der Waals surface area (Å²) in [4.78, 5) is 0. The van der Waals surface area contributed by atoms with Crippen LogP contribution in [0.5, 0.6) is 0 Å². The molecule has 0 bridgehead atoms. The number of hydrogen-bond donors (Lipinski definition) is 0. The zero-order valence-electron chi connectivity index (χ0n) is 7.12. The lowest BCUT2D eigenvalue weighted by atomic mass is 9.84. The normalized spacial score (nSPS) is 32.5. The molecular formula is C9H14N2. The molecule has 1 atom stereocenters. The van der Waals surface area contributed by atoms with Crippen molar-refractivity contribution in [2.75, 3.05) is 6.54 Å². The van der Waals surface area contributed by atoms with Gasteiger partial charge >= 0.3 is 0 Å². The quantitative estimate of drug-likeness (QED) is 0.479. The molecular weight excluding hydrogens is 136 g/mol. The number of hydrazone groups is 1. The van der Waals surface area contributed by atoms with Crippen LogP contribution in [0.25, 0.3) is 0 Å². The molecule has 2 aliphatic rings. The minimum absolute atomic E-state index is 0.269. The molecule has 0 amide bonds. The van der Waals surface area contributed by atoms with E-state index in [4.69, 9.17) is 0 Å². The summed E-state index contributed by atoms with van der Waals surface area (Å²) in [7, 11) is 0. The van der Waals surface area contributed by atoms with Gasteiger partial charge in [-0.25, -0.2) is 0 Å². The number of fused-ring (bicyclic) bond motifs is 1. The maximum absolute atomic E-state index is 4.37. The van der Waals surface area contributed by atoms with Gasteiger partial charge < -0.3 is 0 Å². The first-order chi connectivity index (χ1) is 5.20. The van der Waals surface area contributed by atoms with Gasteiger partial charge in [0.2, 0.25) is 0 Å². The third-order valence-corrected chi connectivity index (χ3v) is 2.58. The van der Waals surface area contributed by atoms with Crippen LogP contribution < -0.4 is 0 Å². The molecule has 0 radical (unpaired) electrons. The van der Waals surface area contributed by atoms with Crippen molar-refractivity contribution < 1.29 is 0 Å². The second kappa shape index (κ2) is 2.10. The SMILES string of the molecule is CC1(C)C=NN2CC=CCC21. The maximum atomic E-state index is 4.37. The van der Waals surface area contributed by atoms with Crippen LogP contribution in [0.3, 0.4) is 0 Å². The average Bonchev–Trinajstić information content (AvgIpc) is 2.29. The summed E-state index contributed by atoms with van der Waals surface area (Å²) in [5.41, 5.74) is 0.269. The molecule has 0 aliphatic carbocycles. The molecule has 0 aromatic carbocycles. The third kappa shape index (κ3) is 0.971. The highest BCUT2D eigenvalue weighted by Crippen LogP contribution is 2.33. The Balaban J connectivity index is 2.24. The van der Waals surface area contributed by atoms with Gasteiger partial charge in [0.25, 0.3) is 0 Å². The van der Waals surface area contributed by atoms with Crippen LogP contribution in [-0.2, 0) is 0 Å². The zero-order valence-corrected chi connectivity index (χ0v) is 7.12. The van der Waals surface area contributed by atoms with E-state index in [2.05, 4.69) is 42.3 Å². The topological polar surface area (TPSA) is 15.6 Å². The average molecular weight is 150 g/mol. The summed E-state index contributed by atoms with van der Waals surface area (Å²) in [6.45, 7) is 5.49. The summed E-state index contributed by atoms with van der Waals surface area (Å²) >= 11 is 0. The Bertz CT molecular complexity index is 216. The summed E-state index contributed by atoms with van der Waals surface area (Å²) in [5.74, 6) is 0. The molecule has 0 saturated carbocycles. The van der Waals surface area contributed by atoms with Crippen molar-refractivity contribution in [2.24, 2.45) is 10.5 Å². The fraction of sp³-hybridized carbons (Fsp3) is 0.667. The Hall–Kier alpha value is -0.790. The second-order valence-electron chi connectivity index (χ2n) is 3.91. The molecule has 0 N–H and O–H groups in total. The Kier molecular flexibility index (Phi) is 1.31. The smallest absolute Gasteiger partial charge is 0.0609 e. The Labute approximate surface area is 67.6 Å². The lowest BCUT2D eigenvalue weighted by Crippen LogP contribution is -2.38. The molecule has 0 fully saturated rings.